The van der Waals surface area contributed by atoms with Gasteiger partial charge in [-0.25, -0.2) is 0 Å². The lowest BCUT2D eigenvalue weighted by atomic mass is 10.2. The first-order valence-corrected chi connectivity index (χ1v) is 7.09. The molecule has 0 aromatic heterocycles. The third-order valence-corrected chi connectivity index (χ3v) is 3.11. The molecule has 2 aromatic carbocycles. The fourth-order valence-electron chi connectivity index (χ4n) is 1.70. The van der Waals surface area contributed by atoms with Gasteiger partial charge in [-0.2, -0.15) is 5.26 Å². The van der Waals surface area contributed by atoms with Gasteiger partial charge in [0.25, 0.3) is 5.91 Å². The lowest BCUT2D eigenvalue weighted by Gasteiger charge is -2.12. The van der Waals surface area contributed by atoms with Crippen molar-refractivity contribution in [3.63, 3.8) is 0 Å². The zero-order valence-electron chi connectivity index (χ0n) is 12.2. The molecule has 0 saturated heterocycles. The van der Waals surface area contributed by atoms with Crippen molar-refractivity contribution in [1.29, 1.82) is 5.26 Å². The molecule has 0 unspecified atom stereocenters. The van der Waals surface area contributed by atoms with Gasteiger partial charge in [0, 0.05) is 10.6 Å². The molecule has 6 heteroatoms. The SMILES string of the molecule is C=C(NNC(=O)COc1ccc(C#N)cc1)c1cccc(Cl)c1. The highest BCUT2D eigenvalue weighted by molar-refractivity contribution is 6.30. The second-order valence-corrected chi connectivity index (χ2v) is 5.02. The molecular weight excluding hydrogens is 314 g/mol. The van der Waals surface area contributed by atoms with Crippen LogP contribution in [0, 0.1) is 11.3 Å². The van der Waals surface area contributed by atoms with Crippen LogP contribution in [0.15, 0.2) is 55.1 Å². The number of ether oxygens (including phenoxy) is 1. The lowest BCUT2D eigenvalue weighted by molar-refractivity contribution is -0.123. The molecule has 0 fully saturated rings. The predicted molar refractivity (Wildman–Crippen MR) is 88.4 cm³/mol. The fourth-order valence-corrected chi connectivity index (χ4v) is 1.89. The van der Waals surface area contributed by atoms with Crippen molar-refractivity contribution in [1.82, 2.24) is 10.9 Å². The highest BCUT2D eigenvalue weighted by atomic mass is 35.5. The molecule has 2 aromatic rings. The van der Waals surface area contributed by atoms with Gasteiger partial charge in [0.15, 0.2) is 6.61 Å². The Morgan fingerprint density at radius 2 is 1.96 bits per heavy atom. The van der Waals surface area contributed by atoms with E-state index in [1.807, 2.05) is 12.1 Å². The van der Waals surface area contributed by atoms with Crippen LogP contribution in [0.1, 0.15) is 11.1 Å². The van der Waals surface area contributed by atoms with Gasteiger partial charge in [0.1, 0.15) is 5.75 Å². The van der Waals surface area contributed by atoms with Gasteiger partial charge in [-0.05, 0) is 36.4 Å². The second kappa shape index (κ2) is 7.87. The van der Waals surface area contributed by atoms with Crippen molar-refractivity contribution in [2.75, 3.05) is 6.61 Å². The molecule has 1 amide bonds. The molecule has 0 aliphatic rings. The van der Waals surface area contributed by atoms with Crippen molar-refractivity contribution >= 4 is 23.2 Å². The monoisotopic (exact) mass is 327 g/mol. The molecule has 5 nitrogen and oxygen atoms in total. The number of benzene rings is 2. The Morgan fingerprint density at radius 1 is 1.22 bits per heavy atom. The number of hydrogen-bond donors (Lipinski definition) is 2. The number of carbonyl (C=O) groups excluding carboxylic acids is 1. The van der Waals surface area contributed by atoms with E-state index in [4.69, 9.17) is 21.6 Å². The molecule has 0 aliphatic carbocycles. The molecule has 23 heavy (non-hydrogen) atoms. The normalized spacial score (nSPS) is 9.57. The zero-order valence-corrected chi connectivity index (χ0v) is 12.9. The molecule has 0 aliphatic heterocycles. The highest BCUT2D eigenvalue weighted by Crippen LogP contribution is 2.15. The van der Waals surface area contributed by atoms with Crippen molar-refractivity contribution in [2.45, 2.75) is 0 Å². The van der Waals surface area contributed by atoms with Crippen molar-refractivity contribution < 1.29 is 9.53 Å². The van der Waals surface area contributed by atoms with Crippen LogP contribution in [0.5, 0.6) is 5.75 Å². The van der Waals surface area contributed by atoms with E-state index in [2.05, 4.69) is 17.4 Å². The Kier molecular flexibility index (Phi) is 5.61. The summed E-state index contributed by atoms with van der Waals surface area (Å²) in [6, 6.07) is 15.6. The minimum atomic E-state index is -0.363. The minimum absolute atomic E-state index is 0.165. The maximum absolute atomic E-state index is 11.7. The number of hydrazine groups is 1. The summed E-state index contributed by atoms with van der Waals surface area (Å²) < 4.78 is 5.31. The van der Waals surface area contributed by atoms with Gasteiger partial charge in [-0.1, -0.05) is 30.3 Å². The topological polar surface area (TPSA) is 74.2 Å². The van der Waals surface area contributed by atoms with Crippen LogP contribution in [-0.2, 0) is 4.79 Å². The smallest absolute Gasteiger partial charge is 0.276 e. The van der Waals surface area contributed by atoms with Gasteiger partial charge in [0.05, 0.1) is 17.3 Å². The van der Waals surface area contributed by atoms with Gasteiger partial charge in [0.2, 0.25) is 0 Å². The van der Waals surface area contributed by atoms with Gasteiger partial charge in [-0.3, -0.25) is 15.6 Å². The maximum Gasteiger partial charge on any atom is 0.276 e. The number of nitrogens with zero attached hydrogens (tertiary/aromatic N) is 1. The Hall–Kier alpha value is -2.97. The van der Waals surface area contributed by atoms with E-state index in [1.165, 1.54) is 0 Å². The summed E-state index contributed by atoms with van der Waals surface area (Å²) in [5, 5.41) is 9.28. The summed E-state index contributed by atoms with van der Waals surface area (Å²) in [4.78, 5) is 11.7. The summed E-state index contributed by atoms with van der Waals surface area (Å²) in [6.07, 6.45) is 0. The number of rotatable bonds is 6. The average Bonchev–Trinajstić information content (AvgIpc) is 2.58. The number of hydrogen-bond acceptors (Lipinski definition) is 4. The van der Waals surface area contributed by atoms with E-state index in [-0.39, 0.29) is 12.5 Å². The number of nitriles is 1. The summed E-state index contributed by atoms with van der Waals surface area (Å²) in [6.45, 7) is 3.65. The van der Waals surface area contributed by atoms with E-state index >= 15 is 0 Å². The first kappa shape index (κ1) is 16.4. The van der Waals surface area contributed by atoms with E-state index < -0.39 is 0 Å². The largest absolute Gasteiger partial charge is 0.484 e. The first-order valence-electron chi connectivity index (χ1n) is 6.71. The van der Waals surface area contributed by atoms with Gasteiger partial charge < -0.3 is 4.74 Å². The molecule has 0 radical (unpaired) electrons. The Labute approximate surface area is 139 Å². The highest BCUT2D eigenvalue weighted by Gasteiger charge is 2.04. The first-order chi connectivity index (χ1) is 11.1. The maximum atomic E-state index is 11.7. The van der Waals surface area contributed by atoms with Crippen LogP contribution in [0.25, 0.3) is 5.70 Å². The molecule has 0 heterocycles. The summed E-state index contributed by atoms with van der Waals surface area (Å²) in [5.41, 5.74) is 7.00. The fraction of sp³-hybridized carbons (Fsp3) is 0.0588. The third-order valence-electron chi connectivity index (χ3n) is 2.88. The third kappa shape index (κ3) is 5.06. The predicted octanol–water partition coefficient (Wildman–Crippen LogP) is 2.88. The van der Waals surface area contributed by atoms with Crippen LogP contribution >= 0.6 is 11.6 Å². The molecule has 2 N–H and O–H groups in total. The number of carbonyl (C=O) groups is 1. The van der Waals surface area contributed by atoms with Crippen LogP contribution < -0.4 is 15.6 Å². The van der Waals surface area contributed by atoms with Crippen LogP contribution in [0.2, 0.25) is 5.02 Å². The van der Waals surface area contributed by atoms with Crippen LogP contribution in [-0.4, -0.2) is 12.5 Å². The standard InChI is InChI=1S/C17H14ClN3O2/c1-12(14-3-2-4-15(18)9-14)20-21-17(22)11-23-16-7-5-13(10-19)6-8-16/h2-9,20H,1,11H2,(H,21,22). The van der Waals surface area contributed by atoms with Gasteiger partial charge >= 0.3 is 0 Å². The molecule has 2 rings (SSSR count). The van der Waals surface area contributed by atoms with Crippen molar-refractivity contribution in [3.8, 4) is 11.8 Å². The molecule has 0 bridgehead atoms. The molecule has 0 spiro atoms. The van der Waals surface area contributed by atoms with Gasteiger partial charge in [-0.15, -0.1) is 0 Å². The summed E-state index contributed by atoms with van der Waals surface area (Å²) >= 11 is 5.89. The van der Waals surface area contributed by atoms with Crippen molar-refractivity contribution in [2.24, 2.45) is 0 Å². The van der Waals surface area contributed by atoms with Crippen molar-refractivity contribution in [3.05, 3.63) is 71.3 Å². The second-order valence-electron chi connectivity index (χ2n) is 4.59. The molecule has 116 valence electrons. The molecule has 0 saturated carbocycles. The summed E-state index contributed by atoms with van der Waals surface area (Å²) in [7, 11) is 0. The van der Waals surface area contributed by atoms with Crippen LogP contribution in [0.4, 0.5) is 0 Å². The number of amides is 1. The molecule has 0 atom stereocenters. The van der Waals surface area contributed by atoms with E-state index in [9.17, 15) is 4.79 Å². The average molecular weight is 328 g/mol. The Morgan fingerprint density at radius 3 is 2.61 bits per heavy atom. The number of nitrogens with one attached hydrogen (secondary N) is 2. The Bertz CT molecular complexity index is 751. The minimum Gasteiger partial charge on any atom is -0.484 e. The Balaban J connectivity index is 1.78. The molecular formula is C17H14ClN3O2. The van der Waals surface area contributed by atoms with E-state index in [0.29, 0.717) is 22.0 Å². The summed E-state index contributed by atoms with van der Waals surface area (Å²) in [5.74, 6) is 0.144. The quantitative estimate of drug-likeness (QED) is 0.800. The number of halogens is 1. The lowest BCUT2D eigenvalue weighted by Crippen LogP contribution is -2.38. The van der Waals surface area contributed by atoms with E-state index in [0.717, 1.165) is 5.56 Å². The zero-order chi connectivity index (χ0) is 16.7. The van der Waals surface area contributed by atoms with Crippen LogP contribution in [0.3, 0.4) is 0 Å². The van der Waals surface area contributed by atoms with E-state index in [1.54, 1.807) is 42.5 Å².